The van der Waals surface area contributed by atoms with Crippen LogP contribution in [0.15, 0.2) is 6.33 Å². The maximum absolute atomic E-state index is 4.93. The lowest BCUT2D eigenvalue weighted by Gasteiger charge is -1.88. The number of rotatable bonds is 0. The molecule has 6 heteroatoms. The summed E-state index contributed by atoms with van der Waals surface area (Å²) < 4.78 is 2.29. The predicted octanol–water partition coefficient (Wildman–Crippen LogP) is 0.421. The molecule has 56 valence electrons. The SMILES string of the molecule is Cn1cnc2c(=S)[nH]nnc21. The molecule has 0 aromatic carbocycles. The van der Waals surface area contributed by atoms with Gasteiger partial charge in [0, 0.05) is 7.05 Å². The zero-order chi connectivity index (χ0) is 7.84. The second-order valence-electron chi connectivity index (χ2n) is 2.17. The van der Waals surface area contributed by atoms with Crippen molar-refractivity contribution in [2.24, 2.45) is 7.05 Å². The predicted molar refractivity (Wildman–Crippen MR) is 41.5 cm³/mol. The molecule has 0 saturated heterocycles. The smallest absolute Gasteiger partial charge is 0.186 e. The second-order valence-corrected chi connectivity index (χ2v) is 2.58. The summed E-state index contributed by atoms with van der Waals surface area (Å²) in [4.78, 5) is 4.04. The normalized spacial score (nSPS) is 10.6. The lowest BCUT2D eigenvalue weighted by atomic mass is 10.6. The van der Waals surface area contributed by atoms with Crippen LogP contribution in [-0.2, 0) is 7.05 Å². The third-order valence-corrected chi connectivity index (χ3v) is 1.70. The number of aryl methyl sites for hydroxylation is 1. The van der Waals surface area contributed by atoms with Crippen LogP contribution in [0.5, 0.6) is 0 Å². The monoisotopic (exact) mass is 167 g/mol. The molecule has 2 rings (SSSR count). The van der Waals surface area contributed by atoms with Gasteiger partial charge in [-0.15, -0.1) is 5.10 Å². The molecule has 0 aliphatic rings. The Morgan fingerprint density at radius 3 is 3.18 bits per heavy atom. The number of H-pyrrole nitrogens is 1. The number of hydrogen-bond donors (Lipinski definition) is 1. The van der Waals surface area contributed by atoms with E-state index in [2.05, 4.69) is 20.4 Å². The number of imidazole rings is 1. The van der Waals surface area contributed by atoms with E-state index in [0.29, 0.717) is 15.8 Å². The molecule has 0 spiro atoms. The molecule has 0 unspecified atom stereocenters. The molecule has 1 N–H and O–H groups in total. The van der Waals surface area contributed by atoms with Crippen molar-refractivity contribution in [2.75, 3.05) is 0 Å². The van der Waals surface area contributed by atoms with Crippen molar-refractivity contribution in [1.29, 1.82) is 0 Å². The first kappa shape index (κ1) is 6.41. The van der Waals surface area contributed by atoms with Gasteiger partial charge in [-0.05, 0) is 0 Å². The molecule has 11 heavy (non-hydrogen) atoms. The number of aromatic nitrogens is 5. The summed E-state index contributed by atoms with van der Waals surface area (Å²) in [6.07, 6.45) is 1.66. The van der Waals surface area contributed by atoms with E-state index in [4.69, 9.17) is 12.2 Å². The second kappa shape index (κ2) is 2.09. The lowest BCUT2D eigenvalue weighted by molar-refractivity contribution is 0.845. The molecule has 0 atom stereocenters. The van der Waals surface area contributed by atoms with Crippen molar-refractivity contribution in [3.63, 3.8) is 0 Å². The van der Waals surface area contributed by atoms with Gasteiger partial charge in [0.15, 0.2) is 10.3 Å². The molecule has 0 fully saturated rings. The fourth-order valence-electron chi connectivity index (χ4n) is 0.873. The fraction of sp³-hybridized carbons (Fsp3) is 0.200. The third kappa shape index (κ3) is 0.829. The summed E-state index contributed by atoms with van der Waals surface area (Å²) in [5, 5.41) is 10.0. The highest BCUT2D eigenvalue weighted by Crippen LogP contribution is 2.05. The number of nitrogens with zero attached hydrogens (tertiary/aromatic N) is 4. The average Bonchev–Trinajstić information content (AvgIpc) is 2.35. The van der Waals surface area contributed by atoms with Crippen LogP contribution in [-0.4, -0.2) is 25.0 Å². The van der Waals surface area contributed by atoms with Crippen molar-refractivity contribution in [2.45, 2.75) is 0 Å². The molecule has 2 aromatic heterocycles. The fourth-order valence-corrected chi connectivity index (χ4v) is 1.06. The van der Waals surface area contributed by atoms with Gasteiger partial charge in [0.05, 0.1) is 6.33 Å². The van der Waals surface area contributed by atoms with Gasteiger partial charge in [-0.1, -0.05) is 17.4 Å². The molecule has 5 nitrogen and oxygen atoms in total. The van der Waals surface area contributed by atoms with E-state index in [1.165, 1.54) is 0 Å². The summed E-state index contributed by atoms with van der Waals surface area (Å²) in [6.45, 7) is 0. The highest BCUT2D eigenvalue weighted by molar-refractivity contribution is 7.71. The number of hydrogen-bond acceptors (Lipinski definition) is 4. The maximum Gasteiger partial charge on any atom is 0.186 e. The Labute approximate surface area is 67.1 Å². The highest BCUT2D eigenvalue weighted by atomic mass is 32.1. The Bertz CT molecular complexity index is 441. The van der Waals surface area contributed by atoms with Gasteiger partial charge in [-0.3, -0.25) is 0 Å². The van der Waals surface area contributed by atoms with Gasteiger partial charge in [-0.25, -0.2) is 10.1 Å². The number of fused-ring (bicyclic) bond motifs is 1. The lowest BCUT2D eigenvalue weighted by Crippen LogP contribution is -1.92. The first-order valence-corrected chi connectivity index (χ1v) is 3.42. The van der Waals surface area contributed by atoms with Crippen molar-refractivity contribution in [1.82, 2.24) is 25.0 Å². The minimum Gasteiger partial charge on any atom is -0.317 e. The van der Waals surface area contributed by atoms with Crippen LogP contribution in [0, 0.1) is 4.64 Å². The van der Waals surface area contributed by atoms with Gasteiger partial charge in [-0.2, -0.15) is 0 Å². The molecule has 0 radical (unpaired) electrons. The van der Waals surface area contributed by atoms with Crippen LogP contribution < -0.4 is 0 Å². The molecular formula is C5H5N5S. The largest absolute Gasteiger partial charge is 0.317 e. The molecule has 0 amide bonds. The molecule has 0 saturated carbocycles. The minimum absolute atomic E-state index is 0.524. The summed E-state index contributed by atoms with van der Waals surface area (Å²) in [5.74, 6) is 0. The van der Waals surface area contributed by atoms with E-state index in [1.54, 1.807) is 10.9 Å². The van der Waals surface area contributed by atoms with Crippen molar-refractivity contribution < 1.29 is 0 Å². The number of nitrogens with one attached hydrogen (secondary N) is 1. The average molecular weight is 167 g/mol. The Hall–Kier alpha value is -1.30. The summed E-state index contributed by atoms with van der Waals surface area (Å²) in [5.41, 5.74) is 1.39. The van der Waals surface area contributed by atoms with Crippen molar-refractivity contribution >= 4 is 23.4 Å². The van der Waals surface area contributed by atoms with Crippen LogP contribution in [0.4, 0.5) is 0 Å². The molecule has 2 heterocycles. The van der Waals surface area contributed by atoms with Gasteiger partial charge < -0.3 is 4.57 Å². The highest BCUT2D eigenvalue weighted by Gasteiger charge is 2.01. The summed E-state index contributed by atoms with van der Waals surface area (Å²) in [6, 6.07) is 0. The van der Waals surface area contributed by atoms with Crippen LogP contribution in [0.2, 0.25) is 0 Å². The summed E-state index contributed by atoms with van der Waals surface area (Å²) >= 11 is 4.93. The molecule has 0 bridgehead atoms. The quantitative estimate of drug-likeness (QED) is 0.578. The van der Waals surface area contributed by atoms with E-state index < -0.39 is 0 Å². The Morgan fingerprint density at radius 1 is 1.64 bits per heavy atom. The molecule has 0 aliphatic carbocycles. The van der Waals surface area contributed by atoms with E-state index in [0.717, 1.165) is 0 Å². The first-order valence-electron chi connectivity index (χ1n) is 3.01. The van der Waals surface area contributed by atoms with Crippen molar-refractivity contribution in [3.8, 4) is 0 Å². The van der Waals surface area contributed by atoms with E-state index in [-0.39, 0.29) is 0 Å². The first-order chi connectivity index (χ1) is 5.29. The van der Waals surface area contributed by atoms with Gasteiger partial charge in [0.25, 0.3) is 0 Å². The van der Waals surface area contributed by atoms with Crippen molar-refractivity contribution in [3.05, 3.63) is 11.0 Å². The molecule has 0 aliphatic heterocycles. The summed E-state index contributed by atoms with van der Waals surface area (Å²) in [7, 11) is 1.85. The van der Waals surface area contributed by atoms with Crippen LogP contribution in [0.1, 0.15) is 0 Å². The van der Waals surface area contributed by atoms with Gasteiger partial charge >= 0.3 is 0 Å². The van der Waals surface area contributed by atoms with Crippen LogP contribution >= 0.6 is 12.2 Å². The molecular weight excluding hydrogens is 162 g/mol. The third-order valence-electron chi connectivity index (χ3n) is 1.42. The zero-order valence-corrected chi connectivity index (χ0v) is 6.59. The zero-order valence-electron chi connectivity index (χ0n) is 5.77. The Kier molecular flexibility index (Phi) is 1.22. The van der Waals surface area contributed by atoms with Gasteiger partial charge in [0.2, 0.25) is 0 Å². The number of aromatic amines is 1. The van der Waals surface area contributed by atoms with Crippen LogP contribution in [0.3, 0.4) is 0 Å². The minimum atomic E-state index is 0.524. The van der Waals surface area contributed by atoms with E-state index in [9.17, 15) is 0 Å². The Balaban J connectivity index is 3.06. The van der Waals surface area contributed by atoms with Crippen LogP contribution in [0.25, 0.3) is 11.2 Å². The molecule has 2 aromatic rings. The maximum atomic E-state index is 4.93. The standard InChI is InChI=1S/C5H5N5S/c1-10-2-6-3-4(10)7-9-8-5(3)11/h2H,1H3,(H,7,8,11). The van der Waals surface area contributed by atoms with E-state index >= 15 is 0 Å². The van der Waals surface area contributed by atoms with E-state index in [1.807, 2.05) is 7.05 Å². The van der Waals surface area contributed by atoms with Gasteiger partial charge in [0.1, 0.15) is 5.52 Å². The Morgan fingerprint density at radius 2 is 2.45 bits per heavy atom. The topological polar surface area (TPSA) is 59.4 Å².